The van der Waals surface area contributed by atoms with Crippen LogP contribution in [0.15, 0.2) is 0 Å². The molecule has 0 aliphatic rings. The van der Waals surface area contributed by atoms with Gasteiger partial charge in [-0.1, -0.05) is 0 Å². The number of carbonyl (C=O) groups excluding carboxylic acids is 1. The maximum Gasteiger partial charge on any atom is 0.358 e. The van der Waals surface area contributed by atoms with Crippen molar-refractivity contribution < 1.29 is 14.3 Å². The molecule has 0 unspecified atom stereocenters. The molecule has 6 heteroatoms. The Labute approximate surface area is 88.0 Å². The van der Waals surface area contributed by atoms with Crippen LogP contribution in [0.5, 0.6) is 0 Å². The number of aromatic nitrogens is 2. The number of nitrogens with two attached hydrogens (primary N) is 1. The van der Waals surface area contributed by atoms with E-state index in [0.717, 1.165) is 0 Å². The van der Waals surface area contributed by atoms with Crippen LogP contribution in [0.2, 0.25) is 0 Å². The number of carbonyl (C=O) groups is 1. The molecule has 1 aromatic rings. The molecular formula is C9H15N3O3. The number of ether oxygens (including phenoxy) is 2. The Morgan fingerprint density at radius 3 is 2.67 bits per heavy atom. The van der Waals surface area contributed by atoms with Gasteiger partial charge in [-0.25, -0.2) is 4.79 Å². The predicted octanol–water partition coefficient (Wildman–Crippen LogP) is 0.114. The summed E-state index contributed by atoms with van der Waals surface area (Å²) in [7, 11) is 3.19. The van der Waals surface area contributed by atoms with Gasteiger partial charge in [-0.3, -0.25) is 4.68 Å². The molecule has 15 heavy (non-hydrogen) atoms. The highest BCUT2D eigenvalue weighted by Gasteiger charge is 2.18. The van der Waals surface area contributed by atoms with Crippen molar-refractivity contribution >= 4 is 11.7 Å². The molecule has 0 spiro atoms. The highest BCUT2D eigenvalue weighted by atomic mass is 16.6. The summed E-state index contributed by atoms with van der Waals surface area (Å²) in [4.78, 5) is 11.6. The third-order valence-corrected chi connectivity index (χ3v) is 1.98. The largest absolute Gasteiger partial charge is 0.458 e. The molecule has 0 saturated carbocycles. The molecule has 0 amide bonds. The number of hydrogen-bond acceptors (Lipinski definition) is 5. The van der Waals surface area contributed by atoms with Crippen molar-refractivity contribution in [2.24, 2.45) is 7.05 Å². The molecule has 0 saturated heterocycles. The molecule has 0 bridgehead atoms. The van der Waals surface area contributed by atoms with Crippen molar-refractivity contribution in [1.29, 1.82) is 0 Å². The van der Waals surface area contributed by atoms with Crippen LogP contribution in [-0.4, -0.2) is 36.1 Å². The highest BCUT2D eigenvalue weighted by molar-refractivity contribution is 5.93. The second-order valence-corrected chi connectivity index (χ2v) is 3.10. The molecule has 2 N–H and O–H groups in total. The minimum Gasteiger partial charge on any atom is -0.458 e. The third-order valence-electron chi connectivity index (χ3n) is 1.98. The predicted molar refractivity (Wildman–Crippen MR) is 54.5 cm³/mol. The van der Waals surface area contributed by atoms with Crippen LogP contribution < -0.4 is 5.73 Å². The van der Waals surface area contributed by atoms with Crippen LogP contribution in [0.4, 0.5) is 5.69 Å². The Hall–Kier alpha value is -1.56. The number of anilines is 1. The summed E-state index contributed by atoms with van der Waals surface area (Å²) < 4.78 is 11.1. The van der Waals surface area contributed by atoms with Gasteiger partial charge in [0.2, 0.25) is 0 Å². The topological polar surface area (TPSA) is 79.4 Å². The summed E-state index contributed by atoms with van der Waals surface area (Å²) >= 11 is 0. The van der Waals surface area contributed by atoms with Crippen LogP contribution in [-0.2, 0) is 16.5 Å². The first-order valence-corrected chi connectivity index (χ1v) is 4.53. The zero-order valence-electron chi connectivity index (χ0n) is 9.11. The fourth-order valence-corrected chi connectivity index (χ4v) is 1.20. The van der Waals surface area contributed by atoms with Gasteiger partial charge in [-0.05, 0) is 6.92 Å². The van der Waals surface area contributed by atoms with Gasteiger partial charge in [-0.2, -0.15) is 5.10 Å². The number of hydrogen-bond donors (Lipinski definition) is 1. The van der Waals surface area contributed by atoms with Gasteiger partial charge < -0.3 is 15.2 Å². The SMILES string of the molecule is COCCOC(=O)c1c(N)c(C)nn1C. The standard InChI is InChI=1S/C9H15N3O3/c1-6-7(10)8(12(2)11-6)9(13)15-5-4-14-3/h4-5,10H2,1-3H3. The molecule has 0 aliphatic carbocycles. The van der Waals surface area contributed by atoms with Gasteiger partial charge in [0.1, 0.15) is 6.61 Å². The van der Waals surface area contributed by atoms with Gasteiger partial charge in [0, 0.05) is 14.2 Å². The summed E-state index contributed by atoms with van der Waals surface area (Å²) in [5.41, 5.74) is 6.96. The van der Waals surface area contributed by atoms with Crippen LogP contribution in [0.1, 0.15) is 16.2 Å². The van der Waals surface area contributed by atoms with Gasteiger partial charge in [0.25, 0.3) is 0 Å². The summed E-state index contributed by atoms with van der Waals surface area (Å²) in [6.45, 7) is 2.31. The average molecular weight is 213 g/mol. The molecule has 1 heterocycles. The smallest absolute Gasteiger partial charge is 0.358 e. The molecule has 0 aliphatic heterocycles. The zero-order chi connectivity index (χ0) is 11.4. The van der Waals surface area contributed by atoms with Gasteiger partial charge in [-0.15, -0.1) is 0 Å². The Bertz CT molecular complexity index is 360. The molecular weight excluding hydrogens is 198 g/mol. The first-order valence-electron chi connectivity index (χ1n) is 4.53. The lowest BCUT2D eigenvalue weighted by molar-refractivity contribution is 0.0377. The van der Waals surface area contributed by atoms with Crippen LogP contribution in [0.3, 0.4) is 0 Å². The minimum atomic E-state index is -0.479. The van der Waals surface area contributed by atoms with Crippen molar-refractivity contribution in [2.75, 3.05) is 26.1 Å². The second kappa shape index (κ2) is 4.79. The second-order valence-electron chi connectivity index (χ2n) is 3.10. The lowest BCUT2D eigenvalue weighted by Gasteiger charge is -2.04. The summed E-state index contributed by atoms with van der Waals surface area (Å²) in [6, 6.07) is 0. The van der Waals surface area contributed by atoms with Crippen molar-refractivity contribution in [1.82, 2.24) is 9.78 Å². The van der Waals surface area contributed by atoms with Gasteiger partial charge in [0.05, 0.1) is 18.0 Å². The summed E-state index contributed by atoms with van der Waals surface area (Å²) in [5, 5.41) is 4.02. The van der Waals surface area contributed by atoms with Crippen LogP contribution in [0, 0.1) is 6.92 Å². The summed E-state index contributed by atoms with van der Waals surface area (Å²) in [6.07, 6.45) is 0. The molecule has 0 atom stereocenters. The number of aryl methyl sites for hydroxylation is 2. The normalized spacial score (nSPS) is 10.3. The number of rotatable bonds is 4. The fourth-order valence-electron chi connectivity index (χ4n) is 1.20. The van der Waals surface area contributed by atoms with Gasteiger partial charge in [0.15, 0.2) is 5.69 Å². The Morgan fingerprint density at radius 2 is 2.20 bits per heavy atom. The Balaban J connectivity index is 2.73. The lowest BCUT2D eigenvalue weighted by atomic mass is 10.3. The lowest BCUT2D eigenvalue weighted by Crippen LogP contribution is -2.15. The molecule has 1 aromatic heterocycles. The molecule has 0 radical (unpaired) electrons. The number of nitrogen functional groups attached to an aromatic ring is 1. The van der Waals surface area contributed by atoms with Crippen molar-refractivity contribution in [3.05, 3.63) is 11.4 Å². The molecule has 1 rings (SSSR count). The Kier molecular flexibility index (Phi) is 3.68. The molecule has 6 nitrogen and oxygen atoms in total. The van der Waals surface area contributed by atoms with Crippen molar-refractivity contribution in [3.63, 3.8) is 0 Å². The van der Waals surface area contributed by atoms with Crippen LogP contribution in [0.25, 0.3) is 0 Å². The van der Waals surface area contributed by atoms with E-state index < -0.39 is 5.97 Å². The zero-order valence-corrected chi connectivity index (χ0v) is 9.11. The maximum absolute atomic E-state index is 11.6. The first kappa shape index (κ1) is 11.5. The first-order chi connectivity index (χ1) is 7.07. The van der Waals surface area contributed by atoms with E-state index in [1.54, 1.807) is 14.0 Å². The van der Waals surface area contributed by atoms with Crippen molar-refractivity contribution in [2.45, 2.75) is 6.92 Å². The van der Waals surface area contributed by atoms with E-state index in [1.165, 1.54) is 11.8 Å². The number of esters is 1. The summed E-state index contributed by atoms with van der Waals surface area (Å²) in [5.74, 6) is -0.479. The monoisotopic (exact) mass is 213 g/mol. The maximum atomic E-state index is 11.6. The minimum absolute atomic E-state index is 0.207. The highest BCUT2D eigenvalue weighted by Crippen LogP contribution is 2.15. The quantitative estimate of drug-likeness (QED) is 0.567. The van der Waals surface area contributed by atoms with E-state index in [1.807, 2.05) is 0 Å². The average Bonchev–Trinajstić information content (AvgIpc) is 2.41. The fraction of sp³-hybridized carbons (Fsp3) is 0.556. The van der Waals surface area contributed by atoms with Crippen LogP contribution >= 0.6 is 0 Å². The van der Waals surface area contributed by atoms with E-state index >= 15 is 0 Å². The van der Waals surface area contributed by atoms with E-state index in [4.69, 9.17) is 15.2 Å². The van der Waals surface area contributed by atoms with Crippen molar-refractivity contribution in [3.8, 4) is 0 Å². The number of methoxy groups -OCH3 is 1. The third kappa shape index (κ3) is 2.47. The van der Waals surface area contributed by atoms with E-state index in [0.29, 0.717) is 18.0 Å². The number of nitrogens with zero attached hydrogens (tertiary/aromatic N) is 2. The van der Waals surface area contributed by atoms with E-state index in [2.05, 4.69) is 5.10 Å². The molecule has 84 valence electrons. The van der Waals surface area contributed by atoms with E-state index in [9.17, 15) is 4.79 Å². The molecule has 0 aromatic carbocycles. The Morgan fingerprint density at radius 1 is 1.53 bits per heavy atom. The molecule has 0 fully saturated rings. The van der Waals surface area contributed by atoms with E-state index in [-0.39, 0.29) is 12.3 Å². The van der Waals surface area contributed by atoms with Gasteiger partial charge >= 0.3 is 5.97 Å².